The molecule has 5 aromatic carbocycles. The second-order valence-electron chi connectivity index (χ2n) is 5.92. The molecule has 1 heteroatoms. The van der Waals surface area contributed by atoms with Crippen LogP contribution in [-0.2, 0) is 0 Å². The van der Waals surface area contributed by atoms with E-state index in [2.05, 4.69) is 59.6 Å². The molecule has 0 saturated heterocycles. The van der Waals surface area contributed by atoms with Crippen molar-refractivity contribution in [2.45, 2.75) is 0 Å². The molecule has 0 spiro atoms. The molecule has 1 nitrogen and oxygen atoms in total. The van der Waals surface area contributed by atoms with E-state index in [0.29, 0.717) is 0 Å². The first-order chi connectivity index (χ1) is 10.4. The molecule has 0 aliphatic carbocycles. The molecular formula is C20H11N. The van der Waals surface area contributed by atoms with E-state index in [0.717, 1.165) is 0 Å². The first-order valence-electron chi connectivity index (χ1n) is 7.30. The van der Waals surface area contributed by atoms with Gasteiger partial charge in [0.1, 0.15) is 0 Å². The van der Waals surface area contributed by atoms with Gasteiger partial charge in [-0.15, -0.1) is 0 Å². The van der Waals surface area contributed by atoms with Crippen molar-refractivity contribution in [3.8, 4) is 0 Å². The number of nitrogens with one attached hydrogen (secondary N) is 1. The number of H-pyrrole nitrogens is 1. The topological polar surface area (TPSA) is 15.8 Å². The standard InChI is InChI=1S/C20H11N/c1-2-11-4-5-13-10-16-14-8-9-21-20(14)19(16)15-7-6-12(3-1)17(11)18(13)15/h1-10,21H. The van der Waals surface area contributed by atoms with Gasteiger partial charge in [0, 0.05) is 17.0 Å². The largest absolute Gasteiger partial charge is 0.361 e. The van der Waals surface area contributed by atoms with E-state index < -0.39 is 0 Å². The molecule has 0 fully saturated rings. The number of hydrogen-bond donors (Lipinski definition) is 1. The van der Waals surface area contributed by atoms with Crippen LogP contribution in [0.1, 0.15) is 0 Å². The fourth-order valence-electron chi connectivity index (χ4n) is 4.03. The van der Waals surface area contributed by atoms with E-state index in [-0.39, 0.29) is 0 Å². The third-order valence-electron chi connectivity index (χ3n) is 4.93. The van der Waals surface area contributed by atoms with Gasteiger partial charge in [-0.1, -0.05) is 42.5 Å². The Morgan fingerprint density at radius 3 is 2.29 bits per heavy atom. The van der Waals surface area contributed by atoms with E-state index in [4.69, 9.17) is 0 Å². The molecule has 6 aromatic rings. The molecule has 0 radical (unpaired) electrons. The minimum Gasteiger partial charge on any atom is -0.361 e. The van der Waals surface area contributed by atoms with E-state index in [9.17, 15) is 0 Å². The summed E-state index contributed by atoms with van der Waals surface area (Å²) in [5.74, 6) is 0. The SMILES string of the molecule is c1cc2ccc3cc4c5cc[nH]c5c4c4ccc(c1)c2c34. The minimum absolute atomic E-state index is 1.29. The number of benzene rings is 4. The molecule has 0 aliphatic rings. The monoisotopic (exact) mass is 265 g/mol. The number of fused-ring (bicyclic) bond motifs is 5. The number of aromatic amines is 1. The maximum Gasteiger partial charge on any atom is 0.0546 e. The van der Waals surface area contributed by atoms with Gasteiger partial charge in [-0.05, 0) is 49.8 Å². The smallest absolute Gasteiger partial charge is 0.0546 e. The lowest BCUT2D eigenvalue weighted by molar-refractivity contribution is 1.49. The Kier molecular flexibility index (Phi) is 1.47. The Labute approximate surface area is 120 Å². The van der Waals surface area contributed by atoms with Crippen LogP contribution < -0.4 is 0 Å². The average Bonchev–Trinajstić information content (AvgIpc) is 2.93. The highest BCUT2D eigenvalue weighted by Gasteiger charge is 2.17. The summed E-state index contributed by atoms with van der Waals surface area (Å²) in [7, 11) is 0. The summed E-state index contributed by atoms with van der Waals surface area (Å²) >= 11 is 0. The summed E-state index contributed by atoms with van der Waals surface area (Å²) in [6.45, 7) is 0. The van der Waals surface area contributed by atoms with E-state index in [1.165, 1.54) is 54.0 Å². The second-order valence-corrected chi connectivity index (χ2v) is 5.92. The van der Waals surface area contributed by atoms with Crippen LogP contribution in [0.25, 0.3) is 54.0 Å². The highest BCUT2D eigenvalue weighted by molar-refractivity contribution is 6.38. The van der Waals surface area contributed by atoms with Crippen LogP contribution >= 0.6 is 0 Å². The highest BCUT2D eigenvalue weighted by atomic mass is 14.7. The zero-order chi connectivity index (χ0) is 13.6. The van der Waals surface area contributed by atoms with Crippen molar-refractivity contribution in [2.75, 3.05) is 0 Å². The average molecular weight is 265 g/mol. The van der Waals surface area contributed by atoms with Crippen LogP contribution in [0.2, 0.25) is 0 Å². The normalized spacial score (nSPS) is 12.8. The lowest BCUT2D eigenvalue weighted by atomic mass is 9.87. The third kappa shape index (κ3) is 0.995. The molecule has 21 heavy (non-hydrogen) atoms. The van der Waals surface area contributed by atoms with Gasteiger partial charge in [-0.25, -0.2) is 0 Å². The van der Waals surface area contributed by atoms with Crippen LogP contribution in [0.15, 0.2) is 60.8 Å². The van der Waals surface area contributed by atoms with Crippen LogP contribution in [0, 0.1) is 0 Å². The van der Waals surface area contributed by atoms with Crippen LogP contribution in [-0.4, -0.2) is 4.98 Å². The number of rotatable bonds is 0. The molecule has 1 heterocycles. The quantitative estimate of drug-likeness (QED) is 0.341. The molecular weight excluding hydrogens is 254 g/mol. The maximum atomic E-state index is 3.39. The Hall–Kier alpha value is -2.80. The van der Waals surface area contributed by atoms with E-state index >= 15 is 0 Å². The van der Waals surface area contributed by atoms with Crippen LogP contribution in [0.5, 0.6) is 0 Å². The van der Waals surface area contributed by atoms with Crippen molar-refractivity contribution in [1.82, 2.24) is 4.98 Å². The van der Waals surface area contributed by atoms with Gasteiger partial charge in [-0.3, -0.25) is 0 Å². The molecule has 0 saturated carbocycles. The van der Waals surface area contributed by atoms with Crippen molar-refractivity contribution in [2.24, 2.45) is 0 Å². The predicted molar refractivity (Wildman–Crippen MR) is 90.7 cm³/mol. The van der Waals surface area contributed by atoms with Gasteiger partial charge >= 0.3 is 0 Å². The van der Waals surface area contributed by atoms with E-state index in [1.807, 2.05) is 6.20 Å². The fourth-order valence-corrected chi connectivity index (χ4v) is 4.03. The molecule has 0 atom stereocenters. The summed E-state index contributed by atoms with van der Waals surface area (Å²) in [5, 5.41) is 12.3. The Balaban J connectivity index is 2.05. The van der Waals surface area contributed by atoms with Gasteiger partial charge in [0.05, 0.1) is 5.52 Å². The maximum absolute atomic E-state index is 3.39. The molecule has 1 N–H and O–H groups in total. The van der Waals surface area contributed by atoms with Crippen LogP contribution in [0.4, 0.5) is 0 Å². The fraction of sp³-hybridized carbons (Fsp3) is 0. The molecule has 6 rings (SSSR count). The lowest BCUT2D eigenvalue weighted by Crippen LogP contribution is -1.89. The summed E-state index contributed by atoms with van der Waals surface area (Å²) in [5.41, 5.74) is 1.29. The molecule has 1 aromatic heterocycles. The van der Waals surface area contributed by atoms with Crippen LogP contribution in [0.3, 0.4) is 0 Å². The number of aromatic nitrogens is 1. The first kappa shape index (κ1) is 10.0. The third-order valence-corrected chi connectivity index (χ3v) is 4.93. The molecule has 0 amide bonds. The Bertz CT molecular complexity index is 1260. The number of hydrogen-bond acceptors (Lipinski definition) is 0. The lowest BCUT2D eigenvalue weighted by Gasteiger charge is -2.16. The van der Waals surface area contributed by atoms with Crippen molar-refractivity contribution in [1.29, 1.82) is 0 Å². The Morgan fingerprint density at radius 2 is 1.38 bits per heavy atom. The van der Waals surface area contributed by atoms with Crippen molar-refractivity contribution in [3.05, 3.63) is 60.8 Å². The second kappa shape index (κ2) is 3.09. The minimum atomic E-state index is 1.29. The zero-order valence-electron chi connectivity index (χ0n) is 11.3. The van der Waals surface area contributed by atoms with Gasteiger partial charge in [0.15, 0.2) is 0 Å². The molecule has 0 aliphatic heterocycles. The van der Waals surface area contributed by atoms with Gasteiger partial charge < -0.3 is 4.98 Å². The Morgan fingerprint density at radius 1 is 0.571 bits per heavy atom. The summed E-state index contributed by atoms with van der Waals surface area (Å²) in [6, 6.07) is 20.1. The highest BCUT2D eigenvalue weighted by Crippen LogP contribution is 2.44. The van der Waals surface area contributed by atoms with Crippen molar-refractivity contribution in [3.63, 3.8) is 0 Å². The zero-order valence-corrected chi connectivity index (χ0v) is 11.3. The van der Waals surface area contributed by atoms with Gasteiger partial charge in [0.2, 0.25) is 0 Å². The predicted octanol–water partition coefficient (Wildman–Crippen LogP) is 5.66. The van der Waals surface area contributed by atoms with Gasteiger partial charge in [-0.2, -0.15) is 0 Å². The van der Waals surface area contributed by atoms with Crippen molar-refractivity contribution >= 4 is 54.0 Å². The van der Waals surface area contributed by atoms with Gasteiger partial charge in [0.25, 0.3) is 0 Å². The summed E-state index contributed by atoms with van der Waals surface area (Å²) < 4.78 is 0. The summed E-state index contributed by atoms with van der Waals surface area (Å²) in [6.07, 6.45) is 2.04. The van der Waals surface area contributed by atoms with Crippen molar-refractivity contribution < 1.29 is 0 Å². The first-order valence-corrected chi connectivity index (χ1v) is 7.30. The molecule has 96 valence electrons. The molecule has 0 unspecified atom stereocenters. The van der Waals surface area contributed by atoms with E-state index in [1.54, 1.807) is 0 Å². The molecule has 0 bridgehead atoms. The summed E-state index contributed by atoms with van der Waals surface area (Å²) in [4.78, 5) is 3.39.